The number of pyridine rings is 1. The van der Waals surface area contributed by atoms with Gasteiger partial charge in [-0.05, 0) is 81.1 Å². The zero-order valence-corrected chi connectivity index (χ0v) is 34.1. The fraction of sp³-hybridized carbons (Fsp3) is 0. The Morgan fingerprint density at radius 1 is 0.302 bits per heavy atom. The van der Waals surface area contributed by atoms with Gasteiger partial charge < -0.3 is 4.42 Å². The van der Waals surface area contributed by atoms with Crippen molar-refractivity contribution in [2.75, 3.05) is 0 Å². The Hall–Kier alpha value is -8.47. The second kappa shape index (κ2) is 15.2. The first-order valence-electron chi connectivity index (χ1n) is 21.2. The van der Waals surface area contributed by atoms with E-state index in [4.69, 9.17) is 19.4 Å². The number of furan rings is 1. The molecule has 294 valence electrons. The molecule has 0 amide bonds. The van der Waals surface area contributed by atoms with Crippen LogP contribution in [0.2, 0.25) is 0 Å². The van der Waals surface area contributed by atoms with Gasteiger partial charge in [-0.1, -0.05) is 182 Å². The van der Waals surface area contributed by atoms with E-state index >= 15 is 0 Å². The summed E-state index contributed by atoms with van der Waals surface area (Å²) >= 11 is 0. The standard InChI is InChI=1S/C59H37N3O/c1-4-15-38(16-5-1)39-27-29-43(30-28-39)55-37-54(42-20-8-3-9-21-42)61-59(62-55)46-34-44(48-24-14-25-50-49-23-12-13-26-56(49)63-58(48)50)33-45(35-46)51-36-53(41-18-6-2-7-19-41)60-52-32-31-40-17-10-11-22-47(40)57(51)52/h1-37H. The quantitative estimate of drug-likeness (QED) is 0.151. The van der Waals surface area contributed by atoms with E-state index in [0.717, 1.165) is 111 Å². The highest BCUT2D eigenvalue weighted by Crippen LogP contribution is 2.43. The van der Waals surface area contributed by atoms with Gasteiger partial charge >= 0.3 is 0 Å². The molecule has 12 rings (SSSR count). The smallest absolute Gasteiger partial charge is 0.160 e. The second-order valence-corrected chi connectivity index (χ2v) is 16.0. The molecule has 0 aliphatic heterocycles. The van der Waals surface area contributed by atoms with Crippen molar-refractivity contribution < 1.29 is 4.42 Å². The zero-order chi connectivity index (χ0) is 41.7. The predicted octanol–water partition coefficient (Wildman–Crippen LogP) is 15.7. The molecule has 12 aromatic rings. The first-order valence-corrected chi connectivity index (χ1v) is 21.2. The van der Waals surface area contributed by atoms with E-state index in [1.807, 2.05) is 30.3 Å². The third kappa shape index (κ3) is 6.62. The van der Waals surface area contributed by atoms with Crippen molar-refractivity contribution in [3.05, 3.63) is 224 Å². The topological polar surface area (TPSA) is 51.8 Å². The van der Waals surface area contributed by atoms with Gasteiger partial charge in [-0.3, -0.25) is 0 Å². The van der Waals surface area contributed by atoms with Crippen molar-refractivity contribution in [3.63, 3.8) is 0 Å². The lowest BCUT2D eigenvalue weighted by Gasteiger charge is -2.16. The van der Waals surface area contributed by atoms with Crippen LogP contribution in [0.25, 0.3) is 122 Å². The van der Waals surface area contributed by atoms with Gasteiger partial charge in [0.15, 0.2) is 5.82 Å². The van der Waals surface area contributed by atoms with E-state index in [9.17, 15) is 0 Å². The maximum absolute atomic E-state index is 6.69. The molecule has 0 aliphatic rings. The van der Waals surface area contributed by atoms with Crippen LogP contribution in [-0.4, -0.2) is 15.0 Å². The van der Waals surface area contributed by atoms with E-state index in [0.29, 0.717) is 5.82 Å². The summed E-state index contributed by atoms with van der Waals surface area (Å²) in [5.74, 6) is 0.630. The minimum Gasteiger partial charge on any atom is -0.455 e. The lowest BCUT2D eigenvalue weighted by molar-refractivity contribution is 0.670. The normalized spacial score (nSPS) is 11.5. The summed E-state index contributed by atoms with van der Waals surface area (Å²) in [5, 5.41) is 5.56. The molecule has 0 N–H and O–H groups in total. The van der Waals surface area contributed by atoms with Gasteiger partial charge in [-0.2, -0.15) is 0 Å². The number of nitrogens with zero attached hydrogens (tertiary/aromatic N) is 3. The fourth-order valence-corrected chi connectivity index (χ4v) is 8.98. The summed E-state index contributed by atoms with van der Waals surface area (Å²) in [7, 11) is 0. The van der Waals surface area contributed by atoms with Gasteiger partial charge in [0.25, 0.3) is 0 Å². The minimum atomic E-state index is 0.630. The molecule has 0 radical (unpaired) electrons. The third-order valence-corrected chi connectivity index (χ3v) is 12.1. The molecular weight excluding hydrogens is 767 g/mol. The van der Waals surface area contributed by atoms with Gasteiger partial charge in [-0.25, -0.2) is 15.0 Å². The summed E-state index contributed by atoms with van der Waals surface area (Å²) < 4.78 is 6.69. The largest absolute Gasteiger partial charge is 0.455 e. The van der Waals surface area contributed by atoms with Gasteiger partial charge in [-0.15, -0.1) is 0 Å². The van der Waals surface area contributed by atoms with Crippen LogP contribution in [0.5, 0.6) is 0 Å². The molecule has 3 heterocycles. The SMILES string of the molecule is c1ccc(-c2ccc(-c3cc(-c4ccccc4)nc(-c4cc(-c5cccc6c5oc5ccccc56)cc(-c5cc(-c6ccccc6)nc6ccc7ccccc7c56)c4)n3)cc2)cc1. The van der Waals surface area contributed by atoms with Crippen LogP contribution in [-0.2, 0) is 0 Å². The zero-order valence-electron chi connectivity index (χ0n) is 34.1. The molecule has 0 bridgehead atoms. The van der Waals surface area contributed by atoms with Crippen molar-refractivity contribution in [2.45, 2.75) is 0 Å². The summed E-state index contributed by atoms with van der Waals surface area (Å²) in [6.07, 6.45) is 0. The van der Waals surface area contributed by atoms with Crippen molar-refractivity contribution >= 4 is 43.6 Å². The molecule has 0 spiro atoms. The van der Waals surface area contributed by atoms with E-state index in [1.54, 1.807) is 0 Å². The number of benzene rings is 9. The van der Waals surface area contributed by atoms with Crippen molar-refractivity contribution in [1.29, 1.82) is 0 Å². The number of aromatic nitrogens is 3. The number of fused-ring (bicyclic) bond motifs is 6. The molecule has 3 aromatic heterocycles. The number of para-hydroxylation sites is 2. The number of hydrogen-bond donors (Lipinski definition) is 0. The highest BCUT2D eigenvalue weighted by Gasteiger charge is 2.20. The Balaban J connectivity index is 1.14. The molecule has 63 heavy (non-hydrogen) atoms. The molecular formula is C59H37N3O. The lowest BCUT2D eigenvalue weighted by atomic mass is 9.90. The van der Waals surface area contributed by atoms with Gasteiger partial charge in [0.1, 0.15) is 11.2 Å². The molecule has 0 atom stereocenters. The van der Waals surface area contributed by atoms with Crippen molar-refractivity contribution in [2.24, 2.45) is 0 Å². The van der Waals surface area contributed by atoms with E-state index in [2.05, 4.69) is 194 Å². The third-order valence-electron chi connectivity index (χ3n) is 12.1. The van der Waals surface area contributed by atoms with Crippen LogP contribution in [0.3, 0.4) is 0 Å². The van der Waals surface area contributed by atoms with E-state index in [1.165, 1.54) is 5.56 Å². The van der Waals surface area contributed by atoms with Crippen LogP contribution >= 0.6 is 0 Å². The van der Waals surface area contributed by atoms with Crippen LogP contribution in [0.4, 0.5) is 0 Å². The summed E-state index contributed by atoms with van der Waals surface area (Å²) in [4.78, 5) is 16.0. The molecule has 0 saturated carbocycles. The minimum absolute atomic E-state index is 0.630. The van der Waals surface area contributed by atoms with Gasteiger partial charge in [0, 0.05) is 44.0 Å². The Morgan fingerprint density at radius 3 is 1.54 bits per heavy atom. The number of rotatable bonds is 7. The first-order chi connectivity index (χ1) is 31.2. The summed E-state index contributed by atoms with van der Waals surface area (Å²) in [6, 6.07) is 78.6. The maximum atomic E-state index is 6.69. The first kappa shape index (κ1) is 36.4. The highest BCUT2D eigenvalue weighted by molar-refractivity contribution is 6.15. The van der Waals surface area contributed by atoms with Crippen LogP contribution in [0.15, 0.2) is 229 Å². The second-order valence-electron chi connectivity index (χ2n) is 16.0. The van der Waals surface area contributed by atoms with Crippen LogP contribution < -0.4 is 0 Å². The molecule has 0 saturated heterocycles. The molecule has 0 fully saturated rings. The van der Waals surface area contributed by atoms with Crippen molar-refractivity contribution in [3.8, 4) is 78.5 Å². The van der Waals surface area contributed by atoms with Gasteiger partial charge in [0.05, 0.1) is 22.6 Å². The Bertz CT molecular complexity index is 3650. The maximum Gasteiger partial charge on any atom is 0.160 e. The van der Waals surface area contributed by atoms with E-state index < -0.39 is 0 Å². The molecule has 9 aromatic carbocycles. The average Bonchev–Trinajstić information content (AvgIpc) is 3.75. The molecule has 4 nitrogen and oxygen atoms in total. The summed E-state index contributed by atoms with van der Waals surface area (Å²) in [6.45, 7) is 0. The van der Waals surface area contributed by atoms with E-state index in [-0.39, 0.29) is 0 Å². The lowest BCUT2D eigenvalue weighted by Crippen LogP contribution is -1.97. The Labute approximate surface area is 364 Å². The molecule has 4 heteroatoms. The fourth-order valence-electron chi connectivity index (χ4n) is 8.98. The Kier molecular flexibility index (Phi) is 8.79. The van der Waals surface area contributed by atoms with Gasteiger partial charge in [0.2, 0.25) is 0 Å². The predicted molar refractivity (Wildman–Crippen MR) is 260 cm³/mol. The van der Waals surface area contributed by atoms with Crippen LogP contribution in [0, 0.1) is 0 Å². The average molecular weight is 804 g/mol. The monoisotopic (exact) mass is 803 g/mol. The number of hydrogen-bond acceptors (Lipinski definition) is 4. The highest BCUT2D eigenvalue weighted by atomic mass is 16.3. The summed E-state index contributed by atoms with van der Waals surface area (Å²) in [5.41, 5.74) is 15.6. The Morgan fingerprint density at radius 2 is 0.825 bits per heavy atom. The van der Waals surface area contributed by atoms with Crippen LogP contribution in [0.1, 0.15) is 0 Å². The molecule has 0 aliphatic carbocycles. The molecule has 0 unspecified atom stereocenters. The van der Waals surface area contributed by atoms with Crippen molar-refractivity contribution in [1.82, 2.24) is 15.0 Å².